The van der Waals surface area contributed by atoms with Gasteiger partial charge in [-0.25, -0.2) is 0 Å². The number of aliphatic carboxylic acids is 1. The van der Waals surface area contributed by atoms with Crippen molar-refractivity contribution in [2.24, 2.45) is 5.73 Å². The van der Waals surface area contributed by atoms with Gasteiger partial charge in [-0.3, -0.25) is 14.3 Å². The molecule has 1 aromatic rings. The van der Waals surface area contributed by atoms with Crippen LogP contribution in [0.4, 0.5) is 0 Å². The summed E-state index contributed by atoms with van der Waals surface area (Å²) in [5.74, 6) is -1.54. The van der Waals surface area contributed by atoms with E-state index in [9.17, 15) is 9.59 Å². The number of hydrogen-bond acceptors (Lipinski definition) is 5. The first-order valence-electron chi connectivity index (χ1n) is 5.19. The summed E-state index contributed by atoms with van der Waals surface area (Å²) in [7, 11) is 0. The summed E-state index contributed by atoms with van der Waals surface area (Å²) < 4.78 is 1.64. The fraction of sp³-hybridized carbons (Fsp3) is 0.556. The summed E-state index contributed by atoms with van der Waals surface area (Å²) in [6.07, 6.45) is 3.60. The summed E-state index contributed by atoms with van der Waals surface area (Å²) in [5, 5.41) is 18.4. The molecule has 4 N–H and O–H groups in total. The van der Waals surface area contributed by atoms with Crippen LogP contribution in [0.1, 0.15) is 12.8 Å². The van der Waals surface area contributed by atoms with Gasteiger partial charge in [0.1, 0.15) is 0 Å². The zero-order valence-electron chi connectivity index (χ0n) is 9.24. The molecule has 0 aliphatic heterocycles. The molecule has 0 bridgehead atoms. The molecule has 0 saturated carbocycles. The molecular formula is C9H15N5O3. The number of rotatable bonds is 7. The highest BCUT2D eigenvalue weighted by Gasteiger charge is 2.15. The van der Waals surface area contributed by atoms with Crippen LogP contribution < -0.4 is 11.1 Å². The second kappa shape index (κ2) is 6.59. The number of aromatic nitrogens is 3. The zero-order valence-corrected chi connectivity index (χ0v) is 9.24. The number of amides is 1. The third kappa shape index (κ3) is 5.07. The Morgan fingerprint density at radius 2 is 2.29 bits per heavy atom. The van der Waals surface area contributed by atoms with Crippen LogP contribution in [0.25, 0.3) is 0 Å². The first kappa shape index (κ1) is 13.1. The monoisotopic (exact) mass is 241 g/mol. The molecule has 1 atom stereocenters. The Bertz CT molecular complexity index is 365. The maximum atomic E-state index is 11.3. The second-order valence-corrected chi connectivity index (χ2v) is 3.52. The summed E-state index contributed by atoms with van der Waals surface area (Å²) in [6, 6.07) is -1.00. The molecule has 1 aromatic heterocycles. The topological polar surface area (TPSA) is 123 Å². The molecule has 0 spiro atoms. The Kier molecular flexibility index (Phi) is 5.08. The molecule has 17 heavy (non-hydrogen) atoms. The van der Waals surface area contributed by atoms with E-state index >= 15 is 0 Å². The van der Waals surface area contributed by atoms with Crippen LogP contribution >= 0.6 is 0 Å². The fourth-order valence-corrected chi connectivity index (χ4v) is 1.22. The first-order valence-corrected chi connectivity index (χ1v) is 5.19. The van der Waals surface area contributed by atoms with Crippen molar-refractivity contribution < 1.29 is 14.7 Å². The maximum Gasteiger partial charge on any atom is 0.305 e. The number of carbonyl (C=O) groups is 2. The minimum absolute atomic E-state index is 0.366. The smallest absolute Gasteiger partial charge is 0.305 e. The number of nitrogens with two attached hydrogens (primary N) is 1. The normalized spacial score (nSPS) is 12.1. The highest BCUT2D eigenvalue weighted by molar-refractivity contribution is 5.85. The Morgan fingerprint density at radius 3 is 2.88 bits per heavy atom. The second-order valence-electron chi connectivity index (χ2n) is 3.52. The van der Waals surface area contributed by atoms with Gasteiger partial charge in [-0.1, -0.05) is 5.21 Å². The van der Waals surface area contributed by atoms with Gasteiger partial charge < -0.3 is 16.2 Å². The Morgan fingerprint density at radius 1 is 1.53 bits per heavy atom. The van der Waals surface area contributed by atoms with Crippen molar-refractivity contribution in [2.45, 2.75) is 25.4 Å². The lowest BCUT2D eigenvalue weighted by Gasteiger charge is -2.09. The summed E-state index contributed by atoms with van der Waals surface area (Å²) >= 11 is 0. The molecule has 1 amide bonds. The van der Waals surface area contributed by atoms with Crippen LogP contribution in [0, 0.1) is 0 Å². The van der Waals surface area contributed by atoms with Crippen LogP contribution in [-0.4, -0.2) is 44.6 Å². The largest absolute Gasteiger partial charge is 0.481 e. The van der Waals surface area contributed by atoms with Gasteiger partial charge in [0.2, 0.25) is 5.91 Å². The maximum absolute atomic E-state index is 11.3. The summed E-state index contributed by atoms with van der Waals surface area (Å²) in [6.45, 7) is 1.06. The number of hydrogen-bond donors (Lipinski definition) is 3. The lowest BCUT2D eigenvalue weighted by Crippen LogP contribution is -2.42. The van der Waals surface area contributed by atoms with E-state index in [0.29, 0.717) is 19.5 Å². The number of nitrogens with one attached hydrogen (secondary N) is 1. The fourth-order valence-electron chi connectivity index (χ4n) is 1.22. The first-order chi connectivity index (χ1) is 8.09. The van der Waals surface area contributed by atoms with Crippen LogP contribution in [0.2, 0.25) is 0 Å². The van der Waals surface area contributed by atoms with E-state index < -0.39 is 17.9 Å². The molecule has 0 aliphatic carbocycles. The molecule has 1 rings (SSSR count). The van der Waals surface area contributed by atoms with Crippen molar-refractivity contribution in [2.75, 3.05) is 6.54 Å². The highest BCUT2D eigenvalue weighted by Crippen LogP contribution is 1.90. The summed E-state index contributed by atoms with van der Waals surface area (Å²) in [5.41, 5.74) is 5.37. The predicted octanol–water partition coefficient (Wildman–Crippen LogP) is -1.41. The number of nitrogens with zero attached hydrogens (tertiary/aromatic N) is 3. The summed E-state index contributed by atoms with van der Waals surface area (Å²) in [4.78, 5) is 21.6. The van der Waals surface area contributed by atoms with Gasteiger partial charge >= 0.3 is 5.97 Å². The van der Waals surface area contributed by atoms with Crippen molar-refractivity contribution >= 4 is 11.9 Å². The molecule has 1 unspecified atom stereocenters. The predicted molar refractivity (Wildman–Crippen MR) is 57.9 cm³/mol. The van der Waals surface area contributed by atoms with E-state index in [4.69, 9.17) is 10.8 Å². The van der Waals surface area contributed by atoms with Crippen LogP contribution in [0.5, 0.6) is 0 Å². The van der Waals surface area contributed by atoms with Crippen LogP contribution in [0.15, 0.2) is 12.4 Å². The lowest BCUT2D eigenvalue weighted by atomic mass is 10.2. The van der Waals surface area contributed by atoms with Crippen molar-refractivity contribution in [3.05, 3.63) is 12.4 Å². The minimum atomic E-state index is -1.09. The highest BCUT2D eigenvalue weighted by atomic mass is 16.4. The van der Waals surface area contributed by atoms with Gasteiger partial charge in [0.15, 0.2) is 0 Å². The Labute approximate surface area is 97.8 Å². The average molecular weight is 241 g/mol. The Balaban J connectivity index is 2.13. The van der Waals surface area contributed by atoms with Gasteiger partial charge in [-0.2, -0.15) is 0 Å². The number of aryl methyl sites for hydroxylation is 1. The quantitative estimate of drug-likeness (QED) is 0.504. The molecule has 94 valence electrons. The van der Waals surface area contributed by atoms with E-state index in [-0.39, 0.29) is 6.42 Å². The molecule has 0 saturated heterocycles. The molecule has 0 aromatic carbocycles. The molecular weight excluding hydrogens is 226 g/mol. The standard InChI is InChI=1S/C9H15N5O3/c10-7(6-8(15)16)9(17)11-2-1-4-14-5-3-12-13-14/h3,5,7H,1-2,4,6,10H2,(H,11,17)(H,15,16). The van der Waals surface area contributed by atoms with Gasteiger partial charge in [-0.15, -0.1) is 5.10 Å². The van der Waals surface area contributed by atoms with Crippen LogP contribution in [-0.2, 0) is 16.1 Å². The number of carboxylic acids is 1. The van der Waals surface area contributed by atoms with Crippen molar-refractivity contribution in [3.63, 3.8) is 0 Å². The van der Waals surface area contributed by atoms with Crippen molar-refractivity contribution in [3.8, 4) is 0 Å². The molecule has 8 heteroatoms. The van der Waals surface area contributed by atoms with Crippen molar-refractivity contribution in [1.29, 1.82) is 0 Å². The third-order valence-corrected chi connectivity index (χ3v) is 2.07. The minimum Gasteiger partial charge on any atom is -0.481 e. The Hall–Kier alpha value is -1.96. The van der Waals surface area contributed by atoms with E-state index in [1.165, 1.54) is 0 Å². The molecule has 0 radical (unpaired) electrons. The van der Waals surface area contributed by atoms with Crippen molar-refractivity contribution in [1.82, 2.24) is 20.3 Å². The average Bonchev–Trinajstić information content (AvgIpc) is 2.75. The SMILES string of the molecule is NC(CC(=O)O)C(=O)NCCCn1ccnn1. The molecule has 0 aliphatic rings. The molecule has 0 fully saturated rings. The number of carboxylic acid groups (broad SMARTS) is 1. The van der Waals surface area contributed by atoms with E-state index in [1.807, 2.05) is 0 Å². The van der Waals surface area contributed by atoms with E-state index in [0.717, 1.165) is 0 Å². The van der Waals surface area contributed by atoms with E-state index in [1.54, 1.807) is 17.1 Å². The van der Waals surface area contributed by atoms with Gasteiger partial charge in [0.05, 0.1) is 18.7 Å². The van der Waals surface area contributed by atoms with E-state index in [2.05, 4.69) is 15.6 Å². The zero-order chi connectivity index (χ0) is 12.7. The third-order valence-electron chi connectivity index (χ3n) is 2.07. The van der Waals surface area contributed by atoms with Gasteiger partial charge in [0, 0.05) is 19.3 Å². The number of carbonyl (C=O) groups excluding carboxylic acids is 1. The van der Waals surface area contributed by atoms with Gasteiger partial charge in [0.25, 0.3) is 0 Å². The lowest BCUT2D eigenvalue weighted by molar-refractivity contribution is -0.139. The molecule has 1 heterocycles. The van der Waals surface area contributed by atoms with Crippen LogP contribution in [0.3, 0.4) is 0 Å². The molecule has 8 nitrogen and oxygen atoms in total. The van der Waals surface area contributed by atoms with Gasteiger partial charge in [-0.05, 0) is 6.42 Å².